The summed E-state index contributed by atoms with van der Waals surface area (Å²) in [6.07, 6.45) is -1.11. The van der Waals surface area contributed by atoms with Gasteiger partial charge in [0.25, 0.3) is 0 Å². The zero-order chi connectivity index (χ0) is 13.8. The van der Waals surface area contributed by atoms with E-state index in [1.807, 2.05) is 24.3 Å². The third-order valence-electron chi connectivity index (χ3n) is 3.33. The van der Waals surface area contributed by atoms with Crippen molar-refractivity contribution in [2.75, 3.05) is 13.7 Å². The van der Waals surface area contributed by atoms with Crippen LogP contribution >= 0.6 is 0 Å². The number of nitrogens with one attached hydrogen (secondary N) is 1. The first-order valence-corrected chi connectivity index (χ1v) is 6.48. The summed E-state index contributed by atoms with van der Waals surface area (Å²) in [6, 6.07) is 7.80. The van der Waals surface area contributed by atoms with Crippen LogP contribution in [-0.2, 0) is 11.2 Å². The topological polar surface area (TPSA) is 71.0 Å². The molecule has 5 heteroatoms. The van der Waals surface area contributed by atoms with Gasteiger partial charge in [0, 0.05) is 12.6 Å². The van der Waals surface area contributed by atoms with Crippen LogP contribution in [-0.4, -0.2) is 48.4 Å². The highest BCUT2D eigenvalue weighted by Gasteiger charge is 2.36. The second kappa shape index (κ2) is 6.34. The molecular formula is C14H21NO4. The smallest absolute Gasteiger partial charge is 0.152 e. The van der Waals surface area contributed by atoms with Gasteiger partial charge in [-0.3, -0.25) is 0 Å². The van der Waals surface area contributed by atoms with E-state index in [-0.39, 0.29) is 12.1 Å². The Kier molecular flexibility index (Phi) is 4.76. The standard InChI is InChI=1S/C14H21NO4/c1-9(16)19-14-12(15-8-13(14)17)7-10-3-5-11(18-2)6-4-10/h3-6,9,12-17H,7-8H2,1-2H3/t9?,12-,13+,14+/m0/s1. The van der Waals surface area contributed by atoms with Crippen LogP contribution in [0.3, 0.4) is 0 Å². The van der Waals surface area contributed by atoms with E-state index in [1.165, 1.54) is 0 Å². The first-order valence-electron chi connectivity index (χ1n) is 6.48. The fraction of sp³-hybridized carbons (Fsp3) is 0.571. The van der Waals surface area contributed by atoms with Crippen LogP contribution in [0, 0.1) is 0 Å². The summed E-state index contributed by atoms with van der Waals surface area (Å²) >= 11 is 0. The number of ether oxygens (including phenoxy) is 2. The maximum atomic E-state index is 9.85. The summed E-state index contributed by atoms with van der Waals surface area (Å²) in [7, 11) is 1.64. The molecule has 0 amide bonds. The van der Waals surface area contributed by atoms with E-state index < -0.39 is 12.4 Å². The highest BCUT2D eigenvalue weighted by molar-refractivity contribution is 5.28. The van der Waals surface area contributed by atoms with Crippen LogP contribution in [0.4, 0.5) is 0 Å². The van der Waals surface area contributed by atoms with Crippen molar-refractivity contribution < 1.29 is 19.7 Å². The highest BCUT2D eigenvalue weighted by atomic mass is 16.6. The largest absolute Gasteiger partial charge is 0.497 e. The molecule has 1 saturated heterocycles. The molecule has 1 unspecified atom stereocenters. The number of β-amino-alcohol motifs (C(OH)–C–C–N with tert-alkyl or cyclic N) is 1. The average Bonchev–Trinajstić information content (AvgIpc) is 2.72. The molecule has 19 heavy (non-hydrogen) atoms. The number of rotatable bonds is 5. The van der Waals surface area contributed by atoms with Gasteiger partial charge in [0.05, 0.1) is 13.2 Å². The van der Waals surface area contributed by atoms with Gasteiger partial charge in [-0.05, 0) is 31.0 Å². The van der Waals surface area contributed by atoms with Gasteiger partial charge in [-0.2, -0.15) is 0 Å². The van der Waals surface area contributed by atoms with Crippen molar-refractivity contribution in [3.05, 3.63) is 29.8 Å². The molecule has 1 aromatic carbocycles. The van der Waals surface area contributed by atoms with Crippen LogP contribution in [0.5, 0.6) is 5.75 Å². The molecule has 0 spiro atoms. The summed E-state index contributed by atoms with van der Waals surface area (Å²) in [5.41, 5.74) is 1.13. The molecule has 4 atom stereocenters. The van der Waals surface area contributed by atoms with Crippen LogP contribution < -0.4 is 10.1 Å². The van der Waals surface area contributed by atoms with Gasteiger partial charge >= 0.3 is 0 Å². The zero-order valence-electron chi connectivity index (χ0n) is 11.2. The lowest BCUT2D eigenvalue weighted by atomic mass is 10.0. The minimum atomic E-state index is -0.877. The Morgan fingerprint density at radius 2 is 2.05 bits per heavy atom. The molecule has 1 aromatic rings. The van der Waals surface area contributed by atoms with Gasteiger partial charge < -0.3 is 25.0 Å². The van der Waals surface area contributed by atoms with Gasteiger partial charge in [-0.25, -0.2) is 0 Å². The highest BCUT2D eigenvalue weighted by Crippen LogP contribution is 2.19. The Balaban J connectivity index is 2.00. The Labute approximate surface area is 113 Å². The summed E-state index contributed by atoms with van der Waals surface area (Å²) in [5, 5.41) is 22.4. The summed E-state index contributed by atoms with van der Waals surface area (Å²) in [4.78, 5) is 0. The second-order valence-electron chi connectivity index (χ2n) is 4.83. The number of hydrogen-bond donors (Lipinski definition) is 3. The Hall–Kier alpha value is -1.14. The molecule has 1 aliphatic heterocycles. The van der Waals surface area contributed by atoms with Gasteiger partial charge in [-0.15, -0.1) is 0 Å². The molecule has 0 saturated carbocycles. The Morgan fingerprint density at radius 3 is 2.63 bits per heavy atom. The number of benzene rings is 1. The van der Waals surface area contributed by atoms with Crippen molar-refractivity contribution in [2.45, 2.75) is 37.9 Å². The molecule has 1 heterocycles. The third kappa shape index (κ3) is 3.67. The number of hydrogen-bond acceptors (Lipinski definition) is 5. The van der Waals surface area contributed by atoms with Gasteiger partial charge in [-0.1, -0.05) is 12.1 Å². The predicted octanol–water partition coefficient (Wildman–Crippen LogP) is 0.294. The van der Waals surface area contributed by atoms with E-state index in [0.29, 0.717) is 6.54 Å². The minimum absolute atomic E-state index is 0.00186. The number of aliphatic hydroxyl groups is 2. The first-order chi connectivity index (χ1) is 9.10. The van der Waals surface area contributed by atoms with E-state index in [0.717, 1.165) is 17.7 Å². The average molecular weight is 267 g/mol. The minimum Gasteiger partial charge on any atom is -0.497 e. The normalized spacial score (nSPS) is 28.3. The fourth-order valence-corrected chi connectivity index (χ4v) is 2.39. The Bertz CT molecular complexity index is 393. The van der Waals surface area contributed by atoms with Crippen LogP contribution in [0.1, 0.15) is 12.5 Å². The van der Waals surface area contributed by atoms with Crippen molar-refractivity contribution in [3.63, 3.8) is 0 Å². The molecule has 0 aliphatic carbocycles. The fourth-order valence-electron chi connectivity index (χ4n) is 2.39. The molecule has 0 bridgehead atoms. The maximum Gasteiger partial charge on any atom is 0.152 e. The van der Waals surface area contributed by atoms with Crippen molar-refractivity contribution >= 4 is 0 Å². The molecular weight excluding hydrogens is 246 g/mol. The number of aliphatic hydroxyl groups excluding tert-OH is 2. The predicted molar refractivity (Wildman–Crippen MR) is 71.0 cm³/mol. The first kappa shape index (κ1) is 14.3. The molecule has 106 valence electrons. The lowest BCUT2D eigenvalue weighted by Gasteiger charge is -2.23. The van der Waals surface area contributed by atoms with Crippen LogP contribution in [0.2, 0.25) is 0 Å². The van der Waals surface area contributed by atoms with Crippen molar-refractivity contribution in [3.8, 4) is 5.75 Å². The van der Waals surface area contributed by atoms with Crippen molar-refractivity contribution in [1.29, 1.82) is 0 Å². The quantitative estimate of drug-likeness (QED) is 0.669. The molecule has 1 fully saturated rings. The second-order valence-corrected chi connectivity index (χ2v) is 4.83. The molecule has 2 rings (SSSR count). The van der Waals surface area contributed by atoms with Gasteiger partial charge in [0.15, 0.2) is 6.29 Å². The summed E-state index contributed by atoms with van der Waals surface area (Å²) < 4.78 is 10.5. The monoisotopic (exact) mass is 267 g/mol. The van der Waals surface area contributed by atoms with Crippen LogP contribution in [0.15, 0.2) is 24.3 Å². The molecule has 0 radical (unpaired) electrons. The molecule has 1 aliphatic rings. The summed E-state index contributed by atoms with van der Waals surface area (Å²) in [5.74, 6) is 0.819. The van der Waals surface area contributed by atoms with E-state index in [4.69, 9.17) is 9.47 Å². The van der Waals surface area contributed by atoms with Crippen molar-refractivity contribution in [1.82, 2.24) is 5.32 Å². The lowest BCUT2D eigenvalue weighted by Crippen LogP contribution is -2.39. The third-order valence-corrected chi connectivity index (χ3v) is 3.33. The SMILES string of the molecule is COc1ccc(C[C@@H]2NC[C@@H](O)[C@@H]2OC(C)O)cc1. The molecule has 0 aromatic heterocycles. The van der Waals surface area contributed by atoms with Crippen molar-refractivity contribution in [2.24, 2.45) is 0 Å². The molecule has 5 nitrogen and oxygen atoms in total. The van der Waals surface area contributed by atoms with E-state index >= 15 is 0 Å². The lowest BCUT2D eigenvalue weighted by molar-refractivity contribution is -0.149. The molecule has 3 N–H and O–H groups in total. The zero-order valence-corrected chi connectivity index (χ0v) is 11.2. The van der Waals surface area contributed by atoms with E-state index in [2.05, 4.69) is 5.32 Å². The number of methoxy groups -OCH3 is 1. The summed E-state index contributed by atoms with van der Waals surface area (Å²) in [6.45, 7) is 2.04. The van der Waals surface area contributed by atoms with Gasteiger partial charge in [0.1, 0.15) is 11.9 Å². The maximum absolute atomic E-state index is 9.85. The van der Waals surface area contributed by atoms with E-state index in [9.17, 15) is 10.2 Å². The Morgan fingerprint density at radius 1 is 1.37 bits per heavy atom. The van der Waals surface area contributed by atoms with Gasteiger partial charge in [0.2, 0.25) is 0 Å². The van der Waals surface area contributed by atoms with Crippen LogP contribution in [0.25, 0.3) is 0 Å². The van der Waals surface area contributed by atoms with E-state index in [1.54, 1.807) is 14.0 Å².